The second kappa shape index (κ2) is 7.34. The molecule has 7 heteroatoms. The Morgan fingerprint density at radius 2 is 1.93 bits per heavy atom. The van der Waals surface area contributed by atoms with Crippen LogP contribution in [0, 0.1) is 5.92 Å². The molecule has 1 saturated heterocycles. The molecule has 1 aliphatic heterocycles. The van der Waals surface area contributed by atoms with Crippen molar-refractivity contribution in [3.8, 4) is 0 Å². The van der Waals surface area contributed by atoms with Crippen LogP contribution in [0.4, 0.5) is 5.82 Å². The van der Waals surface area contributed by atoms with E-state index in [1.165, 1.54) is 0 Å². The predicted octanol–water partition coefficient (Wildman–Crippen LogP) is 2.78. The lowest BCUT2D eigenvalue weighted by atomic mass is 10.1. The van der Waals surface area contributed by atoms with Gasteiger partial charge in [-0.25, -0.2) is 9.97 Å². The van der Waals surface area contributed by atoms with Gasteiger partial charge < -0.3 is 14.3 Å². The van der Waals surface area contributed by atoms with Crippen LogP contribution in [-0.2, 0) is 6.42 Å². The molecule has 2 aromatic heterocycles. The van der Waals surface area contributed by atoms with Crippen LogP contribution in [0.25, 0.3) is 10.9 Å². The van der Waals surface area contributed by atoms with E-state index in [1.807, 2.05) is 29.2 Å². The zero-order chi connectivity index (χ0) is 18.8. The average Bonchev–Trinajstić information content (AvgIpc) is 3.15. The van der Waals surface area contributed by atoms with Gasteiger partial charge in [0.2, 0.25) is 5.76 Å². The van der Waals surface area contributed by atoms with E-state index in [0.29, 0.717) is 24.8 Å². The number of fused-ring (bicyclic) bond motifs is 1. The number of carbonyl (C=O) groups excluding carboxylic acids is 1. The van der Waals surface area contributed by atoms with E-state index < -0.39 is 0 Å². The van der Waals surface area contributed by atoms with E-state index in [4.69, 9.17) is 4.52 Å². The SMILES string of the molecule is CC(C)Cc1cc(C(=O)N2CCN(c3ncnc4ccccc34)CC2)on1. The molecular formula is C20H23N5O2. The lowest BCUT2D eigenvalue weighted by molar-refractivity contribution is 0.0704. The number of hydrogen-bond acceptors (Lipinski definition) is 6. The van der Waals surface area contributed by atoms with Crippen molar-refractivity contribution in [2.75, 3.05) is 31.1 Å². The topological polar surface area (TPSA) is 75.4 Å². The third kappa shape index (κ3) is 3.63. The highest BCUT2D eigenvalue weighted by atomic mass is 16.5. The van der Waals surface area contributed by atoms with E-state index in [2.05, 4.69) is 33.9 Å². The number of aromatic nitrogens is 3. The van der Waals surface area contributed by atoms with Gasteiger partial charge in [0, 0.05) is 37.6 Å². The van der Waals surface area contributed by atoms with Crippen LogP contribution in [0.5, 0.6) is 0 Å². The van der Waals surface area contributed by atoms with Crippen molar-refractivity contribution in [2.45, 2.75) is 20.3 Å². The second-order valence-electron chi connectivity index (χ2n) is 7.27. The monoisotopic (exact) mass is 365 g/mol. The van der Waals surface area contributed by atoms with Gasteiger partial charge in [-0.15, -0.1) is 0 Å². The smallest absolute Gasteiger partial charge is 0.292 e. The Hall–Kier alpha value is -2.96. The van der Waals surface area contributed by atoms with Crippen molar-refractivity contribution >= 4 is 22.6 Å². The quantitative estimate of drug-likeness (QED) is 0.708. The average molecular weight is 365 g/mol. The summed E-state index contributed by atoms with van der Waals surface area (Å²) in [6.45, 7) is 6.92. The van der Waals surface area contributed by atoms with Crippen LogP contribution >= 0.6 is 0 Å². The van der Waals surface area contributed by atoms with Gasteiger partial charge >= 0.3 is 0 Å². The second-order valence-corrected chi connectivity index (χ2v) is 7.27. The summed E-state index contributed by atoms with van der Waals surface area (Å²) in [4.78, 5) is 25.5. The molecule has 0 atom stereocenters. The van der Waals surface area contributed by atoms with Crippen LogP contribution in [-0.4, -0.2) is 52.1 Å². The highest BCUT2D eigenvalue weighted by Crippen LogP contribution is 2.24. The summed E-state index contributed by atoms with van der Waals surface area (Å²) in [5.41, 5.74) is 1.76. The first-order chi connectivity index (χ1) is 13.1. The van der Waals surface area contributed by atoms with Gasteiger partial charge in [0.15, 0.2) is 0 Å². The fourth-order valence-electron chi connectivity index (χ4n) is 3.45. The van der Waals surface area contributed by atoms with Crippen molar-refractivity contribution in [1.82, 2.24) is 20.0 Å². The molecule has 0 unspecified atom stereocenters. The predicted molar refractivity (Wildman–Crippen MR) is 103 cm³/mol. The number of nitrogens with zero attached hydrogens (tertiary/aromatic N) is 5. The molecule has 4 rings (SSSR count). The molecule has 1 aromatic carbocycles. The van der Waals surface area contributed by atoms with Gasteiger partial charge in [-0.05, 0) is 24.5 Å². The summed E-state index contributed by atoms with van der Waals surface area (Å²) in [5, 5.41) is 5.05. The fourth-order valence-corrected chi connectivity index (χ4v) is 3.45. The number of amides is 1. The van der Waals surface area contributed by atoms with Crippen LogP contribution in [0.15, 0.2) is 41.2 Å². The number of piperazine rings is 1. The Morgan fingerprint density at radius 1 is 1.15 bits per heavy atom. The Kier molecular flexibility index (Phi) is 4.75. The van der Waals surface area contributed by atoms with Crippen LogP contribution < -0.4 is 4.90 Å². The molecule has 1 amide bonds. The number of anilines is 1. The maximum Gasteiger partial charge on any atom is 0.292 e. The minimum Gasteiger partial charge on any atom is -0.352 e. The van der Waals surface area contributed by atoms with E-state index in [1.54, 1.807) is 12.4 Å². The standard InChI is InChI=1S/C20H23N5O2/c1-14(2)11-15-12-18(27-23-15)20(26)25-9-7-24(8-10-25)19-16-5-3-4-6-17(16)21-13-22-19/h3-6,12-14H,7-11H2,1-2H3. The fraction of sp³-hybridized carbons (Fsp3) is 0.400. The summed E-state index contributed by atoms with van der Waals surface area (Å²) in [6, 6.07) is 9.76. The molecule has 0 bridgehead atoms. The lowest BCUT2D eigenvalue weighted by Gasteiger charge is -2.35. The van der Waals surface area contributed by atoms with E-state index in [9.17, 15) is 4.79 Å². The molecule has 1 fully saturated rings. The molecule has 27 heavy (non-hydrogen) atoms. The molecule has 0 spiro atoms. The number of rotatable bonds is 4. The Morgan fingerprint density at radius 3 is 2.70 bits per heavy atom. The maximum absolute atomic E-state index is 12.7. The van der Waals surface area contributed by atoms with Crippen LogP contribution in [0.3, 0.4) is 0 Å². The third-order valence-corrected chi connectivity index (χ3v) is 4.78. The summed E-state index contributed by atoms with van der Waals surface area (Å²) in [5.74, 6) is 1.63. The van der Waals surface area contributed by atoms with Gasteiger partial charge in [0.25, 0.3) is 5.91 Å². The first-order valence-corrected chi connectivity index (χ1v) is 9.31. The van der Waals surface area contributed by atoms with Crippen molar-refractivity contribution in [3.63, 3.8) is 0 Å². The Labute approximate surface area is 158 Å². The number of carbonyl (C=O) groups is 1. The molecule has 3 heterocycles. The van der Waals surface area contributed by atoms with Crippen molar-refractivity contribution in [2.24, 2.45) is 5.92 Å². The van der Waals surface area contributed by atoms with Gasteiger partial charge in [-0.1, -0.05) is 31.1 Å². The minimum absolute atomic E-state index is 0.0929. The lowest BCUT2D eigenvalue weighted by Crippen LogP contribution is -2.49. The third-order valence-electron chi connectivity index (χ3n) is 4.78. The molecule has 1 aliphatic rings. The summed E-state index contributed by atoms with van der Waals surface area (Å²) < 4.78 is 5.27. The van der Waals surface area contributed by atoms with E-state index in [0.717, 1.165) is 41.9 Å². The zero-order valence-electron chi connectivity index (χ0n) is 15.6. The molecule has 3 aromatic rings. The minimum atomic E-state index is -0.0929. The Balaban J connectivity index is 1.44. The van der Waals surface area contributed by atoms with Gasteiger partial charge in [-0.3, -0.25) is 4.79 Å². The molecule has 0 N–H and O–H groups in total. The largest absolute Gasteiger partial charge is 0.352 e. The van der Waals surface area contributed by atoms with Crippen LogP contribution in [0.2, 0.25) is 0 Å². The number of hydrogen-bond donors (Lipinski definition) is 0. The van der Waals surface area contributed by atoms with Crippen LogP contribution in [0.1, 0.15) is 30.1 Å². The molecule has 140 valence electrons. The van der Waals surface area contributed by atoms with Crippen molar-refractivity contribution in [1.29, 1.82) is 0 Å². The molecule has 0 saturated carbocycles. The summed E-state index contributed by atoms with van der Waals surface area (Å²) in [6.07, 6.45) is 2.41. The van der Waals surface area contributed by atoms with Gasteiger partial charge in [0.1, 0.15) is 12.1 Å². The van der Waals surface area contributed by atoms with Gasteiger partial charge in [0.05, 0.1) is 11.2 Å². The number of benzene rings is 1. The first kappa shape index (κ1) is 17.5. The highest BCUT2D eigenvalue weighted by molar-refractivity contribution is 5.92. The first-order valence-electron chi connectivity index (χ1n) is 9.31. The molecule has 0 aliphatic carbocycles. The summed E-state index contributed by atoms with van der Waals surface area (Å²) in [7, 11) is 0. The molecule has 7 nitrogen and oxygen atoms in total. The van der Waals surface area contributed by atoms with Gasteiger partial charge in [-0.2, -0.15) is 0 Å². The van der Waals surface area contributed by atoms with E-state index >= 15 is 0 Å². The van der Waals surface area contributed by atoms with E-state index in [-0.39, 0.29) is 5.91 Å². The molecule has 0 radical (unpaired) electrons. The van der Waals surface area contributed by atoms with Crippen molar-refractivity contribution < 1.29 is 9.32 Å². The summed E-state index contributed by atoms with van der Waals surface area (Å²) >= 11 is 0. The zero-order valence-corrected chi connectivity index (χ0v) is 15.6. The van der Waals surface area contributed by atoms with Crippen molar-refractivity contribution in [3.05, 3.63) is 48.1 Å². The normalized spacial score (nSPS) is 14.9. The molecular weight excluding hydrogens is 342 g/mol. The Bertz CT molecular complexity index is 939. The highest BCUT2D eigenvalue weighted by Gasteiger charge is 2.26. The maximum atomic E-state index is 12.7. The number of para-hydroxylation sites is 1.